The number of esters is 1. The molecule has 0 bridgehead atoms. The van der Waals surface area contributed by atoms with E-state index in [1.54, 1.807) is 20.8 Å². The molecule has 1 unspecified atom stereocenters. The highest BCUT2D eigenvalue weighted by molar-refractivity contribution is 5.90. The Morgan fingerprint density at radius 3 is 2.11 bits per heavy atom. The minimum atomic E-state index is -1.10. The number of hydrogen-bond acceptors (Lipinski definition) is 5. The zero-order valence-corrected chi connectivity index (χ0v) is 18.0. The number of carbonyl (C=O) groups is 4. The van der Waals surface area contributed by atoms with Gasteiger partial charge in [-0.3, -0.25) is 14.4 Å². The molecule has 0 saturated heterocycles. The highest BCUT2D eigenvalue weighted by Gasteiger charge is 2.29. The molecule has 0 radical (unpaired) electrons. The van der Waals surface area contributed by atoms with Crippen LogP contribution < -0.4 is 10.6 Å². The maximum absolute atomic E-state index is 12.5. The number of carboxylic acid groups (broad SMARTS) is 1. The molecule has 3 atom stereocenters. The number of carbonyl (C=O) groups excluding carboxylic acids is 3. The number of ether oxygens (including phenoxy) is 1. The van der Waals surface area contributed by atoms with Gasteiger partial charge in [0.05, 0.1) is 0 Å². The Bertz CT molecular complexity index is 541. The van der Waals surface area contributed by atoms with Crippen molar-refractivity contribution in [1.29, 1.82) is 0 Å². The van der Waals surface area contributed by atoms with E-state index in [1.165, 1.54) is 0 Å². The number of nitrogens with one attached hydrogen (secondary N) is 2. The van der Waals surface area contributed by atoms with Crippen LogP contribution in [0.15, 0.2) is 0 Å². The number of carboxylic acids is 1. The smallest absolute Gasteiger partial charge is 0.326 e. The van der Waals surface area contributed by atoms with Gasteiger partial charge in [0.2, 0.25) is 11.8 Å². The van der Waals surface area contributed by atoms with E-state index in [4.69, 9.17) is 4.74 Å². The van der Waals surface area contributed by atoms with Crippen molar-refractivity contribution in [3.63, 3.8) is 0 Å². The largest absolute Gasteiger partial charge is 0.480 e. The summed E-state index contributed by atoms with van der Waals surface area (Å²) in [7, 11) is 0. The monoisotopic (exact) mass is 400 g/mol. The summed E-state index contributed by atoms with van der Waals surface area (Å²) in [4.78, 5) is 47.7. The van der Waals surface area contributed by atoms with Crippen LogP contribution in [-0.2, 0) is 23.9 Å². The van der Waals surface area contributed by atoms with Crippen LogP contribution in [0.3, 0.4) is 0 Å². The van der Waals surface area contributed by atoms with Gasteiger partial charge in [-0.1, -0.05) is 33.6 Å². The van der Waals surface area contributed by atoms with Crippen LogP contribution in [0.4, 0.5) is 0 Å². The van der Waals surface area contributed by atoms with Crippen molar-refractivity contribution in [1.82, 2.24) is 10.6 Å². The number of aliphatic carboxylic acids is 1. The molecule has 3 N–H and O–H groups in total. The van der Waals surface area contributed by atoms with E-state index in [0.717, 1.165) is 0 Å². The summed E-state index contributed by atoms with van der Waals surface area (Å²) in [5.41, 5.74) is -0.571. The molecule has 0 aromatic heterocycles. The van der Waals surface area contributed by atoms with Gasteiger partial charge in [0.15, 0.2) is 0 Å². The van der Waals surface area contributed by atoms with Crippen LogP contribution in [-0.4, -0.2) is 46.5 Å². The first-order chi connectivity index (χ1) is 12.9. The Morgan fingerprint density at radius 1 is 1.04 bits per heavy atom. The van der Waals surface area contributed by atoms with E-state index in [9.17, 15) is 24.3 Å². The zero-order valence-electron chi connectivity index (χ0n) is 18.0. The standard InChI is InChI=1S/C20H36N2O6/c1-7-10-14(19(26)27)21-18(25)17(13(3)8-2)22-15(23)11-9-12-16(24)28-20(4,5)6/h13-14,17H,7-12H2,1-6H3,(H,21,25)(H,22,23)(H,26,27)/t13?,14-,17-/m0/s1. The van der Waals surface area contributed by atoms with Gasteiger partial charge in [-0.15, -0.1) is 0 Å². The number of hydrogen-bond donors (Lipinski definition) is 3. The SMILES string of the molecule is CCC[C@H](NC(=O)[C@@H](NC(=O)CCCC(=O)OC(C)(C)C)C(C)CC)C(=O)O. The summed E-state index contributed by atoms with van der Waals surface area (Å²) in [5, 5.41) is 14.4. The van der Waals surface area contributed by atoms with Crippen molar-refractivity contribution < 1.29 is 29.0 Å². The highest BCUT2D eigenvalue weighted by Crippen LogP contribution is 2.12. The van der Waals surface area contributed by atoms with Crippen molar-refractivity contribution in [3.8, 4) is 0 Å². The second-order valence-electron chi connectivity index (χ2n) is 8.06. The lowest BCUT2D eigenvalue weighted by atomic mass is 9.97. The summed E-state index contributed by atoms with van der Waals surface area (Å²) in [6.45, 7) is 10.9. The summed E-state index contributed by atoms with van der Waals surface area (Å²) < 4.78 is 5.19. The van der Waals surface area contributed by atoms with Crippen molar-refractivity contribution in [2.75, 3.05) is 0 Å². The molecule has 8 nitrogen and oxygen atoms in total. The fourth-order valence-electron chi connectivity index (χ4n) is 2.54. The fraction of sp³-hybridized carbons (Fsp3) is 0.800. The van der Waals surface area contributed by atoms with E-state index < -0.39 is 29.6 Å². The predicted octanol–water partition coefficient (Wildman–Crippen LogP) is 2.40. The van der Waals surface area contributed by atoms with Crippen LogP contribution in [0.5, 0.6) is 0 Å². The molecule has 0 spiro atoms. The van der Waals surface area contributed by atoms with E-state index in [2.05, 4.69) is 10.6 Å². The average molecular weight is 401 g/mol. The maximum atomic E-state index is 12.5. The Kier molecular flexibility index (Phi) is 11.4. The molecule has 0 fully saturated rings. The van der Waals surface area contributed by atoms with Gasteiger partial charge < -0.3 is 20.5 Å². The Hall–Kier alpha value is -2.12. The van der Waals surface area contributed by atoms with E-state index in [1.807, 2.05) is 20.8 Å². The van der Waals surface area contributed by atoms with Gasteiger partial charge in [-0.05, 0) is 39.5 Å². The molecule has 28 heavy (non-hydrogen) atoms. The van der Waals surface area contributed by atoms with Crippen LogP contribution in [0.25, 0.3) is 0 Å². The second-order valence-corrected chi connectivity index (χ2v) is 8.06. The normalized spacial score (nSPS) is 14.5. The van der Waals surface area contributed by atoms with Crippen molar-refractivity contribution in [2.45, 2.75) is 97.8 Å². The van der Waals surface area contributed by atoms with Gasteiger partial charge in [0, 0.05) is 12.8 Å². The zero-order chi connectivity index (χ0) is 21.9. The summed E-state index contributed by atoms with van der Waals surface area (Å²) in [6, 6.07) is -1.80. The Labute approximate surface area is 167 Å². The van der Waals surface area contributed by atoms with Crippen molar-refractivity contribution >= 4 is 23.8 Å². The van der Waals surface area contributed by atoms with Gasteiger partial charge in [-0.25, -0.2) is 4.79 Å². The number of rotatable bonds is 12. The molecule has 2 amide bonds. The summed E-state index contributed by atoms with van der Waals surface area (Å²) >= 11 is 0. The minimum Gasteiger partial charge on any atom is -0.480 e. The summed E-state index contributed by atoms with van der Waals surface area (Å²) in [5.74, 6) is -2.49. The molecule has 0 aromatic rings. The number of amides is 2. The molecule has 0 aliphatic heterocycles. The fourth-order valence-corrected chi connectivity index (χ4v) is 2.54. The van der Waals surface area contributed by atoms with Crippen LogP contribution in [0.2, 0.25) is 0 Å². The first-order valence-electron chi connectivity index (χ1n) is 9.95. The topological polar surface area (TPSA) is 122 Å². The predicted molar refractivity (Wildman–Crippen MR) is 106 cm³/mol. The molecule has 162 valence electrons. The lowest BCUT2D eigenvalue weighted by molar-refractivity contribution is -0.155. The van der Waals surface area contributed by atoms with Gasteiger partial charge >= 0.3 is 11.9 Å². The first kappa shape index (κ1) is 25.9. The summed E-state index contributed by atoms with van der Waals surface area (Å²) in [6.07, 6.45) is 2.07. The first-order valence-corrected chi connectivity index (χ1v) is 9.95. The Balaban J connectivity index is 4.74. The van der Waals surface area contributed by atoms with Crippen LogP contribution >= 0.6 is 0 Å². The maximum Gasteiger partial charge on any atom is 0.326 e. The van der Waals surface area contributed by atoms with Gasteiger partial charge in [0.1, 0.15) is 17.7 Å². The lowest BCUT2D eigenvalue weighted by Crippen LogP contribution is -2.54. The average Bonchev–Trinajstić information content (AvgIpc) is 2.56. The van der Waals surface area contributed by atoms with E-state index in [0.29, 0.717) is 25.7 Å². The molecule has 0 aliphatic carbocycles. The molecule has 0 heterocycles. The minimum absolute atomic E-state index is 0.0801. The molecule has 8 heteroatoms. The van der Waals surface area contributed by atoms with Crippen LogP contribution in [0.1, 0.15) is 80.1 Å². The highest BCUT2D eigenvalue weighted by atomic mass is 16.6. The van der Waals surface area contributed by atoms with E-state index >= 15 is 0 Å². The van der Waals surface area contributed by atoms with Crippen LogP contribution in [0, 0.1) is 5.92 Å². The molecular weight excluding hydrogens is 364 g/mol. The quantitative estimate of drug-likeness (QED) is 0.433. The third-order valence-corrected chi connectivity index (χ3v) is 4.21. The van der Waals surface area contributed by atoms with Gasteiger partial charge in [0.25, 0.3) is 0 Å². The van der Waals surface area contributed by atoms with Crippen molar-refractivity contribution in [2.24, 2.45) is 5.92 Å². The second kappa shape index (κ2) is 12.4. The third-order valence-electron chi connectivity index (χ3n) is 4.21. The molecule has 0 rings (SSSR count). The molecular formula is C20H36N2O6. The van der Waals surface area contributed by atoms with Gasteiger partial charge in [-0.2, -0.15) is 0 Å². The molecule has 0 saturated carbocycles. The van der Waals surface area contributed by atoms with Crippen molar-refractivity contribution in [3.05, 3.63) is 0 Å². The molecule has 0 aliphatic rings. The molecule has 0 aromatic carbocycles. The third kappa shape index (κ3) is 10.9. The lowest BCUT2D eigenvalue weighted by Gasteiger charge is -2.25. The van der Waals surface area contributed by atoms with E-state index in [-0.39, 0.29) is 30.6 Å². The Morgan fingerprint density at radius 2 is 1.64 bits per heavy atom.